The zero-order chi connectivity index (χ0) is 24.9. The Bertz CT molecular complexity index is 1410. The lowest BCUT2D eigenvalue weighted by Gasteiger charge is -2.18. The van der Waals surface area contributed by atoms with Gasteiger partial charge in [0.15, 0.2) is 11.5 Å². The first-order chi connectivity index (χ1) is 16.9. The molecule has 0 saturated heterocycles. The van der Waals surface area contributed by atoms with Gasteiger partial charge in [0.25, 0.3) is 5.91 Å². The molecule has 35 heavy (non-hydrogen) atoms. The summed E-state index contributed by atoms with van der Waals surface area (Å²) < 4.78 is 6.01. The van der Waals surface area contributed by atoms with Crippen LogP contribution in [-0.4, -0.2) is 63.0 Å². The van der Waals surface area contributed by atoms with Crippen molar-refractivity contribution in [1.82, 2.24) is 29.8 Å². The number of hydrogen-bond donors (Lipinski definition) is 2. The molecule has 3 aromatic heterocycles. The van der Waals surface area contributed by atoms with Gasteiger partial charge in [-0.15, -0.1) is 0 Å². The average molecular weight is 491 g/mol. The van der Waals surface area contributed by atoms with Crippen LogP contribution < -0.4 is 10.1 Å². The highest BCUT2D eigenvalue weighted by molar-refractivity contribution is 6.32. The summed E-state index contributed by atoms with van der Waals surface area (Å²) in [7, 11) is 3.32. The molecule has 0 bridgehead atoms. The van der Waals surface area contributed by atoms with Gasteiger partial charge in [-0.1, -0.05) is 17.7 Å². The summed E-state index contributed by atoms with van der Waals surface area (Å²) in [4.78, 5) is 33.6. The van der Waals surface area contributed by atoms with Gasteiger partial charge < -0.3 is 19.9 Å². The molecular weight excluding hydrogens is 468 g/mol. The maximum atomic E-state index is 12.2. The van der Waals surface area contributed by atoms with Gasteiger partial charge in [0, 0.05) is 38.0 Å². The van der Waals surface area contributed by atoms with Crippen molar-refractivity contribution in [2.75, 3.05) is 32.6 Å². The van der Waals surface area contributed by atoms with Crippen molar-refractivity contribution in [3.8, 4) is 22.9 Å². The van der Waals surface area contributed by atoms with Gasteiger partial charge in [-0.3, -0.25) is 9.78 Å². The summed E-state index contributed by atoms with van der Waals surface area (Å²) in [5.74, 6) is 0.951. The monoisotopic (exact) mass is 490 g/mol. The van der Waals surface area contributed by atoms with Crippen molar-refractivity contribution < 1.29 is 9.53 Å². The number of amides is 1. The van der Waals surface area contributed by atoms with Gasteiger partial charge in [-0.05, 0) is 31.0 Å². The molecule has 0 radical (unpaired) electrons. The highest BCUT2D eigenvalue weighted by Gasteiger charge is 2.21. The molecule has 1 aromatic carbocycles. The fourth-order valence-electron chi connectivity index (χ4n) is 3.67. The Labute approximate surface area is 207 Å². The molecule has 0 fully saturated rings. The number of nitrogens with one attached hydrogen (secondary N) is 2. The molecule has 0 saturated carbocycles. The number of ether oxygens (including phenoxy) is 1. The van der Waals surface area contributed by atoms with Gasteiger partial charge in [0.1, 0.15) is 29.4 Å². The van der Waals surface area contributed by atoms with E-state index in [-0.39, 0.29) is 11.5 Å². The first-order valence-corrected chi connectivity index (χ1v) is 11.3. The van der Waals surface area contributed by atoms with E-state index < -0.39 is 0 Å². The SMILES string of the molecule is CCOc1c(CCNc2ncnc3[nH]cnc23)cc(Cl)c(C#N)c1-c1ccc(C(=O)N(C)C)nc1. The maximum absolute atomic E-state index is 12.2. The molecule has 1 amide bonds. The Kier molecular flexibility index (Phi) is 7.08. The number of imidazole rings is 1. The minimum Gasteiger partial charge on any atom is -0.493 e. The van der Waals surface area contributed by atoms with Crippen LogP contribution in [0.5, 0.6) is 5.75 Å². The molecule has 0 aliphatic rings. The van der Waals surface area contributed by atoms with E-state index in [0.717, 1.165) is 5.56 Å². The van der Waals surface area contributed by atoms with Crippen LogP contribution in [-0.2, 0) is 6.42 Å². The summed E-state index contributed by atoms with van der Waals surface area (Å²) in [6, 6.07) is 7.30. The van der Waals surface area contributed by atoms with Crippen LogP contribution in [0.3, 0.4) is 0 Å². The number of benzene rings is 1. The van der Waals surface area contributed by atoms with Crippen LogP contribution in [0.1, 0.15) is 28.5 Å². The van der Waals surface area contributed by atoms with Crippen LogP contribution >= 0.6 is 11.6 Å². The molecule has 10 nitrogen and oxygen atoms in total. The molecule has 11 heteroatoms. The highest BCUT2D eigenvalue weighted by atomic mass is 35.5. The van der Waals surface area contributed by atoms with Crippen LogP contribution in [0.2, 0.25) is 5.02 Å². The molecule has 178 valence electrons. The minimum atomic E-state index is -0.212. The fourth-order valence-corrected chi connectivity index (χ4v) is 3.94. The molecular formula is C24H23ClN8O2. The Morgan fingerprint density at radius 1 is 1.26 bits per heavy atom. The molecule has 4 rings (SSSR count). The number of aromatic amines is 1. The second-order valence-electron chi connectivity index (χ2n) is 7.77. The summed E-state index contributed by atoms with van der Waals surface area (Å²) in [5, 5.41) is 13.4. The number of carbonyl (C=O) groups is 1. The summed E-state index contributed by atoms with van der Waals surface area (Å²) in [6.07, 6.45) is 5.12. The number of carbonyl (C=O) groups excluding carboxylic acids is 1. The maximum Gasteiger partial charge on any atom is 0.271 e. The topological polar surface area (TPSA) is 133 Å². The molecule has 0 atom stereocenters. The van der Waals surface area contributed by atoms with E-state index in [2.05, 4.69) is 36.3 Å². The number of anilines is 1. The zero-order valence-electron chi connectivity index (χ0n) is 19.5. The highest BCUT2D eigenvalue weighted by Crippen LogP contribution is 2.40. The molecule has 0 aliphatic heterocycles. The van der Waals surface area contributed by atoms with Crippen LogP contribution in [0.15, 0.2) is 37.1 Å². The first-order valence-electron chi connectivity index (χ1n) is 10.9. The van der Waals surface area contributed by atoms with Crippen molar-refractivity contribution in [3.05, 3.63) is 58.9 Å². The molecule has 2 N–H and O–H groups in total. The predicted molar refractivity (Wildman–Crippen MR) is 132 cm³/mol. The van der Waals surface area contributed by atoms with E-state index in [4.69, 9.17) is 16.3 Å². The number of halogens is 1. The number of fused-ring (bicyclic) bond motifs is 1. The Balaban J connectivity index is 1.69. The molecule has 0 aliphatic carbocycles. The van der Waals surface area contributed by atoms with Crippen molar-refractivity contribution in [2.24, 2.45) is 0 Å². The second-order valence-corrected chi connectivity index (χ2v) is 8.18. The standard InChI is InChI=1S/C24H23ClN8O2/c1-4-35-21-14(7-8-27-22-20-23(30-12-29-20)32-13-31-22)9-17(25)16(10-26)19(21)15-5-6-18(28-11-15)24(34)33(2)3/h5-6,9,11-13H,4,7-8H2,1-3H3,(H2,27,29,30,31,32). The number of pyridine rings is 1. The normalized spacial score (nSPS) is 10.7. The molecule has 0 unspecified atom stereocenters. The fraction of sp³-hybridized carbons (Fsp3) is 0.250. The number of aromatic nitrogens is 5. The van der Waals surface area contributed by atoms with Crippen molar-refractivity contribution in [1.29, 1.82) is 5.26 Å². The van der Waals surface area contributed by atoms with Crippen LogP contribution in [0, 0.1) is 11.3 Å². The molecule has 0 spiro atoms. The third-order valence-corrected chi connectivity index (χ3v) is 5.59. The average Bonchev–Trinajstić information content (AvgIpc) is 3.35. The Hall–Kier alpha value is -4.23. The first kappa shape index (κ1) is 23.9. The van der Waals surface area contributed by atoms with Gasteiger partial charge in [0.05, 0.1) is 23.5 Å². The smallest absolute Gasteiger partial charge is 0.271 e. The lowest BCUT2D eigenvalue weighted by atomic mass is 9.95. The third kappa shape index (κ3) is 4.85. The van der Waals surface area contributed by atoms with Gasteiger partial charge in [-0.2, -0.15) is 5.26 Å². The van der Waals surface area contributed by atoms with Crippen molar-refractivity contribution in [2.45, 2.75) is 13.3 Å². The number of nitriles is 1. The Morgan fingerprint density at radius 3 is 2.77 bits per heavy atom. The van der Waals surface area contributed by atoms with Crippen LogP contribution in [0.25, 0.3) is 22.3 Å². The van der Waals surface area contributed by atoms with E-state index in [1.165, 1.54) is 11.2 Å². The Morgan fingerprint density at radius 2 is 2.09 bits per heavy atom. The second kappa shape index (κ2) is 10.4. The lowest BCUT2D eigenvalue weighted by Crippen LogP contribution is -2.22. The third-order valence-electron chi connectivity index (χ3n) is 5.29. The number of H-pyrrole nitrogens is 1. The summed E-state index contributed by atoms with van der Waals surface area (Å²) in [5.41, 5.74) is 3.88. The number of hydrogen-bond acceptors (Lipinski definition) is 8. The van der Waals surface area contributed by atoms with Crippen molar-refractivity contribution in [3.63, 3.8) is 0 Å². The molecule has 4 aromatic rings. The summed E-state index contributed by atoms with van der Waals surface area (Å²) >= 11 is 6.52. The number of nitrogens with zero attached hydrogens (tertiary/aromatic N) is 6. The quantitative estimate of drug-likeness (QED) is 0.382. The van der Waals surface area contributed by atoms with Gasteiger partial charge in [-0.25, -0.2) is 15.0 Å². The number of rotatable bonds is 8. The zero-order valence-corrected chi connectivity index (χ0v) is 20.2. The van der Waals surface area contributed by atoms with Crippen molar-refractivity contribution >= 4 is 34.5 Å². The van der Waals surface area contributed by atoms with Gasteiger partial charge >= 0.3 is 0 Å². The van der Waals surface area contributed by atoms with E-state index in [1.54, 1.807) is 44.8 Å². The summed E-state index contributed by atoms with van der Waals surface area (Å²) in [6.45, 7) is 2.78. The minimum absolute atomic E-state index is 0.212. The predicted octanol–water partition coefficient (Wildman–Crippen LogP) is 3.70. The van der Waals surface area contributed by atoms with E-state index in [1.807, 2.05) is 6.92 Å². The largest absolute Gasteiger partial charge is 0.493 e. The van der Waals surface area contributed by atoms with E-state index in [9.17, 15) is 10.1 Å². The van der Waals surface area contributed by atoms with E-state index in [0.29, 0.717) is 64.1 Å². The van der Waals surface area contributed by atoms with E-state index >= 15 is 0 Å². The van der Waals surface area contributed by atoms with Gasteiger partial charge in [0.2, 0.25) is 0 Å². The van der Waals surface area contributed by atoms with Crippen LogP contribution in [0.4, 0.5) is 5.82 Å². The molecule has 3 heterocycles. The lowest BCUT2D eigenvalue weighted by molar-refractivity contribution is 0.0822.